The SMILES string of the molecule is O=C(NCC1CCCC1CBr)c1cc(Cl)ccc1Cl. The first-order valence-corrected chi connectivity index (χ1v) is 8.28. The standard InChI is InChI=1S/C14H16BrCl2NO/c15-7-9-2-1-3-10(9)8-18-14(19)12-6-11(16)4-5-13(12)17/h4-6,9-10H,1-3,7-8H2,(H,18,19). The van der Waals surface area contributed by atoms with Gasteiger partial charge in [-0.3, -0.25) is 4.79 Å². The van der Waals surface area contributed by atoms with Crippen LogP contribution in [0.4, 0.5) is 0 Å². The van der Waals surface area contributed by atoms with E-state index < -0.39 is 0 Å². The van der Waals surface area contributed by atoms with Crippen molar-refractivity contribution in [1.29, 1.82) is 0 Å². The van der Waals surface area contributed by atoms with Gasteiger partial charge in [-0.15, -0.1) is 0 Å². The van der Waals surface area contributed by atoms with Crippen molar-refractivity contribution in [1.82, 2.24) is 5.32 Å². The molecule has 2 unspecified atom stereocenters. The van der Waals surface area contributed by atoms with Crippen LogP contribution < -0.4 is 5.32 Å². The van der Waals surface area contributed by atoms with Crippen molar-refractivity contribution in [2.75, 3.05) is 11.9 Å². The van der Waals surface area contributed by atoms with E-state index in [9.17, 15) is 4.79 Å². The first-order valence-electron chi connectivity index (χ1n) is 6.41. The van der Waals surface area contributed by atoms with Crippen molar-refractivity contribution in [2.24, 2.45) is 11.8 Å². The third kappa shape index (κ3) is 3.87. The summed E-state index contributed by atoms with van der Waals surface area (Å²) in [5.41, 5.74) is 0.447. The van der Waals surface area contributed by atoms with Crippen LogP contribution in [0.25, 0.3) is 0 Å². The second-order valence-corrected chi connectivity index (χ2v) is 6.43. The van der Waals surface area contributed by atoms with Crippen molar-refractivity contribution in [3.63, 3.8) is 0 Å². The van der Waals surface area contributed by atoms with Gasteiger partial charge in [0.1, 0.15) is 0 Å². The van der Waals surface area contributed by atoms with Crippen molar-refractivity contribution < 1.29 is 4.79 Å². The Morgan fingerprint density at radius 3 is 2.79 bits per heavy atom. The van der Waals surface area contributed by atoms with Crippen molar-refractivity contribution >= 4 is 45.0 Å². The molecule has 1 aliphatic rings. The van der Waals surface area contributed by atoms with Crippen LogP contribution in [0.2, 0.25) is 10.0 Å². The molecular weight excluding hydrogens is 349 g/mol. The summed E-state index contributed by atoms with van der Waals surface area (Å²) in [6.07, 6.45) is 3.66. The molecule has 1 saturated carbocycles. The summed E-state index contributed by atoms with van der Waals surface area (Å²) in [5.74, 6) is 1.07. The van der Waals surface area contributed by atoms with Gasteiger partial charge in [0.05, 0.1) is 10.6 Å². The van der Waals surface area contributed by atoms with Crippen molar-refractivity contribution in [3.8, 4) is 0 Å². The summed E-state index contributed by atoms with van der Waals surface area (Å²) in [6.45, 7) is 0.706. The van der Waals surface area contributed by atoms with Gasteiger partial charge in [0.2, 0.25) is 0 Å². The van der Waals surface area contributed by atoms with Crippen LogP contribution in [0.5, 0.6) is 0 Å². The molecule has 0 aromatic heterocycles. The van der Waals surface area contributed by atoms with Gasteiger partial charge in [-0.05, 0) is 42.9 Å². The van der Waals surface area contributed by atoms with Crippen LogP contribution in [0.15, 0.2) is 18.2 Å². The predicted molar refractivity (Wildman–Crippen MR) is 83.4 cm³/mol. The second kappa shape index (κ2) is 6.96. The molecule has 104 valence electrons. The number of hydrogen-bond acceptors (Lipinski definition) is 1. The zero-order valence-corrected chi connectivity index (χ0v) is 13.6. The minimum atomic E-state index is -0.146. The average molecular weight is 365 g/mol. The van der Waals surface area contributed by atoms with Gasteiger partial charge in [-0.1, -0.05) is 45.6 Å². The molecule has 5 heteroatoms. The average Bonchev–Trinajstić information content (AvgIpc) is 2.86. The third-order valence-corrected chi connectivity index (χ3v) is 5.11. The number of benzene rings is 1. The van der Waals surface area contributed by atoms with Gasteiger partial charge < -0.3 is 5.32 Å². The maximum absolute atomic E-state index is 12.1. The van der Waals surface area contributed by atoms with Crippen LogP contribution >= 0.6 is 39.1 Å². The first kappa shape index (κ1) is 15.1. The molecule has 1 N–H and O–H groups in total. The van der Waals surface area contributed by atoms with E-state index in [4.69, 9.17) is 23.2 Å². The number of carbonyl (C=O) groups excluding carboxylic acids is 1. The Kier molecular flexibility index (Phi) is 5.55. The number of alkyl halides is 1. The summed E-state index contributed by atoms with van der Waals surface area (Å²) < 4.78 is 0. The van der Waals surface area contributed by atoms with E-state index in [1.807, 2.05) is 0 Å². The summed E-state index contributed by atoms with van der Waals surface area (Å²) in [4.78, 5) is 12.1. The van der Waals surface area contributed by atoms with E-state index >= 15 is 0 Å². The van der Waals surface area contributed by atoms with Crippen LogP contribution in [-0.2, 0) is 0 Å². The summed E-state index contributed by atoms with van der Waals surface area (Å²) in [5, 5.41) is 4.93. The van der Waals surface area contributed by atoms with E-state index in [0.29, 0.717) is 34.0 Å². The molecule has 0 aliphatic heterocycles. The van der Waals surface area contributed by atoms with E-state index in [-0.39, 0.29) is 5.91 Å². The Morgan fingerprint density at radius 2 is 2.05 bits per heavy atom. The minimum Gasteiger partial charge on any atom is -0.352 e. The molecule has 1 aliphatic carbocycles. The Hall–Kier alpha value is -0.250. The van der Waals surface area contributed by atoms with Gasteiger partial charge in [0.15, 0.2) is 0 Å². The highest BCUT2D eigenvalue weighted by Gasteiger charge is 2.26. The fourth-order valence-electron chi connectivity index (χ4n) is 2.58. The smallest absolute Gasteiger partial charge is 0.252 e. The van der Waals surface area contributed by atoms with Gasteiger partial charge >= 0.3 is 0 Å². The Labute approximate surface area is 132 Å². The zero-order chi connectivity index (χ0) is 13.8. The maximum atomic E-state index is 12.1. The number of halogens is 3. The van der Waals surface area contributed by atoms with E-state index in [1.54, 1.807) is 18.2 Å². The molecule has 0 saturated heterocycles. The summed E-state index contributed by atoms with van der Waals surface area (Å²) in [7, 11) is 0. The van der Waals surface area contributed by atoms with Gasteiger partial charge in [0, 0.05) is 16.9 Å². The lowest BCUT2D eigenvalue weighted by Crippen LogP contribution is -2.31. The molecule has 1 aromatic carbocycles. The summed E-state index contributed by atoms with van der Waals surface area (Å²) in [6, 6.07) is 4.93. The molecule has 2 nitrogen and oxygen atoms in total. The zero-order valence-electron chi connectivity index (χ0n) is 10.5. The Morgan fingerprint density at radius 1 is 1.32 bits per heavy atom. The van der Waals surface area contributed by atoms with Gasteiger partial charge in [0.25, 0.3) is 5.91 Å². The Balaban J connectivity index is 1.96. The topological polar surface area (TPSA) is 29.1 Å². The molecule has 2 rings (SSSR count). The molecule has 0 radical (unpaired) electrons. The lowest BCUT2D eigenvalue weighted by Gasteiger charge is -2.18. The lowest BCUT2D eigenvalue weighted by molar-refractivity contribution is 0.0945. The lowest BCUT2D eigenvalue weighted by atomic mass is 9.98. The number of hydrogen-bond donors (Lipinski definition) is 1. The number of rotatable bonds is 4. The third-order valence-electron chi connectivity index (χ3n) is 3.71. The molecule has 0 bridgehead atoms. The molecule has 0 heterocycles. The highest BCUT2D eigenvalue weighted by molar-refractivity contribution is 9.09. The van der Waals surface area contributed by atoms with Crippen LogP contribution in [-0.4, -0.2) is 17.8 Å². The molecular formula is C14H16BrCl2NO. The van der Waals surface area contributed by atoms with E-state index in [0.717, 1.165) is 5.33 Å². The van der Waals surface area contributed by atoms with Gasteiger partial charge in [-0.25, -0.2) is 0 Å². The summed E-state index contributed by atoms with van der Waals surface area (Å²) >= 11 is 15.4. The van der Waals surface area contributed by atoms with Gasteiger partial charge in [-0.2, -0.15) is 0 Å². The molecule has 2 atom stereocenters. The largest absolute Gasteiger partial charge is 0.352 e. The monoisotopic (exact) mass is 363 g/mol. The normalized spacial score (nSPS) is 22.5. The molecule has 19 heavy (non-hydrogen) atoms. The second-order valence-electron chi connectivity index (χ2n) is 4.94. The molecule has 1 amide bonds. The molecule has 0 spiro atoms. The first-order chi connectivity index (χ1) is 9.11. The van der Waals surface area contributed by atoms with E-state index in [2.05, 4.69) is 21.2 Å². The van der Waals surface area contributed by atoms with E-state index in [1.165, 1.54) is 19.3 Å². The van der Waals surface area contributed by atoms with Crippen molar-refractivity contribution in [3.05, 3.63) is 33.8 Å². The van der Waals surface area contributed by atoms with Crippen LogP contribution in [0.3, 0.4) is 0 Å². The molecule has 1 fully saturated rings. The van der Waals surface area contributed by atoms with Crippen LogP contribution in [0.1, 0.15) is 29.6 Å². The highest BCUT2D eigenvalue weighted by atomic mass is 79.9. The van der Waals surface area contributed by atoms with Crippen LogP contribution in [0, 0.1) is 11.8 Å². The number of nitrogens with one attached hydrogen (secondary N) is 1. The quantitative estimate of drug-likeness (QED) is 0.781. The Bertz CT molecular complexity index is 467. The fraction of sp³-hybridized carbons (Fsp3) is 0.500. The minimum absolute atomic E-state index is 0.146. The molecule has 1 aromatic rings. The maximum Gasteiger partial charge on any atom is 0.252 e. The number of amides is 1. The predicted octanol–water partition coefficient (Wildman–Crippen LogP) is 4.53. The number of carbonyl (C=O) groups is 1. The fourth-order valence-corrected chi connectivity index (χ4v) is 3.80. The van der Waals surface area contributed by atoms with Crippen molar-refractivity contribution in [2.45, 2.75) is 19.3 Å². The highest BCUT2D eigenvalue weighted by Crippen LogP contribution is 2.32.